The molecular weight excluding hydrogens is 458 g/mol. The molecule has 6 rings (SSSR count). The average molecular weight is 496 g/mol. The number of rotatable bonds is 7. The maximum atomic E-state index is 13.5. The number of nitrogens with zero attached hydrogens (tertiary/aromatic N) is 3. The Labute approximate surface area is 213 Å². The van der Waals surface area contributed by atoms with E-state index in [2.05, 4.69) is 22.8 Å². The summed E-state index contributed by atoms with van der Waals surface area (Å²) in [6.07, 6.45) is 3.29. The molecular formula is C28H37N3O5. The number of hydrogen-bond donors (Lipinski definition) is 0. The summed E-state index contributed by atoms with van der Waals surface area (Å²) in [5.74, 6) is -0.573. The molecule has 0 N–H and O–H groups in total. The minimum absolute atomic E-state index is 0.0388. The molecule has 36 heavy (non-hydrogen) atoms. The Balaban J connectivity index is 1.20. The van der Waals surface area contributed by atoms with Crippen LogP contribution >= 0.6 is 0 Å². The lowest BCUT2D eigenvalue weighted by Gasteiger charge is -2.52. The second-order valence-corrected chi connectivity index (χ2v) is 10.8. The second kappa shape index (κ2) is 9.54. The molecule has 5 aliphatic rings. The van der Waals surface area contributed by atoms with Crippen LogP contribution in [0.2, 0.25) is 0 Å². The van der Waals surface area contributed by atoms with Crippen molar-refractivity contribution in [2.45, 2.75) is 39.2 Å². The molecule has 5 unspecified atom stereocenters. The molecule has 194 valence electrons. The molecule has 2 heterocycles. The highest BCUT2D eigenvalue weighted by molar-refractivity contribution is 6.07. The highest BCUT2D eigenvalue weighted by Gasteiger charge is 2.67. The largest absolute Gasteiger partial charge is 0.495 e. The predicted octanol–water partition coefficient (Wildman–Crippen LogP) is 2.73. The number of ether oxygens (including phenoxy) is 2. The Morgan fingerprint density at radius 2 is 1.78 bits per heavy atom. The Morgan fingerprint density at radius 1 is 1.06 bits per heavy atom. The van der Waals surface area contributed by atoms with Gasteiger partial charge in [0.1, 0.15) is 11.4 Å². The number of anilines is 1. The average Bonchev–Trinajstić information content (AvgIpc) is 3.10. The summed E-state index contributed by atoms with van der Waals surface area (Å²) >= 11 is 0. The Bertz CT molecular complexity index is 1080. The predicted molar refractivity (Wildman–Crippen MR) is 135 cm³/mol. The van der Waals surface area contributed by atoms with Crippen LogP contribution in [0.25, 0.3) is 0 Å². The number of allylic oxidation sites excluding steroid dienone is 1. The van der Waals surface area contributed by atoms with Gasteiger partial charge in [-0.25, -0.2) is 0 Å². The fraction of sp³-hybridized carbons (Fsp3) is 0.607. The van der Waals surface area contributed by atoms with Crippen molar-refractivity contribution in [3.8, 4) is 5.75 Å². The van der Waals surface area contributed by atoms with Crippen molar-refractivity contribution >= 4 is 23.5 Å². The van der Waals surface area contributed by atoms with E-state index in [0.717, 1.165) is 56.2 Å². The summed E-state index contributed by atoms with van der Waals surface area (Å²) < 4.78 is 11.3. The molecule has 8 nitrogen and oxygen atoms in total. The molecule has 8 heteroatoms. The van der Waals surface area contributed by atoms with Crippen LogP contribution in [0.15, 0.2) is 35.9 Å². The number of benzene rings is 1. The molecule has 2 bridgehead atoms. The summed E-state index contributed by atoms with van der Waals surface area (Å²) in [6.45, 7) is 10.4. The number of amides is 2. The quantitative estimate of drug-likeness (QED) is 0.327. The van der Waals surface area contributed by atoms with Crippen LogP contribution in [0.1, 0.15) is 33.6 Å². The van der Waals surface area contributed by atoms with Crippen molar-refractivity contribution in [1.82, 2.24) is 9.80 Å². The third-order valence-electron chi connectivity index (χ3n) is 8.60. The lowest BCUT2D eigenvalue weighted by molar-refractivity contribution is -0.173. The molecule has 1 saturated carbocycles. The first-order valence-corrected chi connectivity index (χ1v) is 13.1. The summed E-state index contributed by atoms with van der Waals surface area (Å²) in [5, 5.41) is 0. The van der Waals surface area contributed by atoms with Gasteiger partial charge in [0.2, 0.25) is 11.8 Å². The fourth-order valence-electron chi connectivity index (χ4n) is 7.28. The van der Waals surface area contributed by atoms with Gasteiger partial charge in [-0.3, -0.25) is 24.2 Å². The Morgan fingerprint density at radius 3 is 2.44 bits per heavy atom. The van der Waals surface area contributed by atoms with Gasteiger partial charge >= 0.3 is 5.97 Å². The lowest BCUT2D eigenvalue weighted by atomic mass is 9.54. The van der Waals surface area contributed by atoms with Gasteiger partial charge in [0, 0.05) is 39.6 Å². The zero-order valence-corrected chi connectivity index (χ0v) is 21.7. The van der Waals surface area contributed by atoms with Crippen molar-refractivity contribution in [2.75, 3.05) is 51.3 Å². The zero-order valence-electron chi connectivity index (χ0n) is 21.7. The fourth-order valence-corrected chi connectivity index (χ4v) is 7.28. The van der Waals surface area contributed by atoms with Gasteiger partial charge in [-0.2, -0.15) is 0 Å². The third-order valence-corrected chi connectivity index (χ3v) is 8.60. The number of likely N-dealkylation sites (tertiary alicyclic amines) is 1. The summed E-state index contributed by atoms with van der Waals surface area (Å²) in [6, 6.07) is 8.08. The molecule has 3 fully saturated rings. The monoisotopic (exact) mass is 495 g/mol. The summed E-state index contributed by atoms with van der Waals surface area (Å²) in [7, 11) is 1.70. The van der Waals surface area contributed by atoms with Crippen molar-refractivity contribution in [3.63, 3.8) is 0 Å². The first-order chi connectivity index (χ1) is 17.3. The van der Waals surface area contributed by atoms with E-state index in [4.69, 9.17) is 9.47 Å². The van der Waals surface area contributed by atoms with E-state index in [0.29, 0.717) is 13.0 Å². The van der Waals surface area contributed by atoms with E-state index < -0.39 is 23.4 Å². The van der Waals surface area contributed by atoms with Crippen LogP contribution in [0.4, 0.5) is 5.69 Å². The van der Waals surface area contributed by atoms with Gasteiger partial charge in [0.15, 0.2) is 0 Å². The number of carbonyl (C=O) groups excluding carboxylic acids is 3. The van der Waals surface area contributed by atoms with Gasteiger partial charge in [-0.15, -0.1) is 0 Å². The van der Waals surface area contributed by atoms with Gasteiger partial charge in [-0.1, -0.05) is 24.6 Å². The molecule has 5 atom stereocenters. The van der Waals surface area contributed by atoms with Crippen LogP contribution in [-0.4, -0.2) is 79.6 Å². The van der Waals surface area contributed by atoms with Gasteiger partial charge in [0.25, 0.3) is 0 Å². The molecule has 2 saturated heterocycles. The number of piperazine rings is 1. The van der Waals surface area contributed by atoms with Crippen LogP contribution in [0.5, 0.6) is 5.75 Å². The van der Waals surface area contributed by atoms with Crippen LogP contribution in [-0.2, 0) is 19.1 Å². The third kappa shape index (κ3) is 4.09. The van der Waals surface area contributed by atoms with E-state index in [1.165, 1.54) is 11.8 Å². The van der Waals surface area contributed by atoms with Crippen molar-refractivity contribution < 1.29 is 23.9 Å². The van der Waals surface area contributed by atoms with E-state index in [1.807, 2.05) is 31.2 Å². The van der Waals surface area contributed by atoms with Crippen LogP contribution in [0.3, 0.4) is 0 Å². The molecule has 2 amide bonds. The normalized spacial score (nSPS) is 31.9. The molecule has 0 radical (unpaired) electrons. The van der Waals surface area contributed by atoms with E-state index >= 15 is 0 Å². The van der Waals surface area contributed by atoms with E-state index in [-0.39, 0.29) is 23.7 Å². The topological polar surface area (TPSA) is 79.4 Å². The Hall–Kier alpha value is -2.87. The number of carbonyl (C=O) groups is 3. The number of fused-ring (bicyclic) bond motifs is 1. The highest BCUT2D eigenvalue weighted by atomic mass is 16.6. The summed E-state index contributed by atoms with van der Waals surface area (Å²) in [4.78, 5) is 45.2. The first kappa shape index (κ1) is 24.8. The second-order valence-electron chi connectivity index (χ2n) is 10.8. The van der Waals surface area contributed by atoms with Crippen molar-refractivity contribution in [3.05, 3.63) is 35.9 Å². The van der Waals surface area contributed by atoms with Crippen molar-refractivity contribution in [1.29, 1.82) is 0 Å². The minimum Gasteiger partial charge on any atom is -0.495 e. The van der Waals surface area contributed by atoms with Crippen molar-refractivity contribution in [2.24, 2.45) is 23.7 Å². The summed E-state index contributed by atoms with van der Waals surface area (Å²) in [5.41, 5.74) is 1.18. The molecule has 2 aliphatic heterocycles. The maximum absolute atomic E-state index is 13.5. The molecule has 3 aliphatic carbocycles. The molecule has 0 spiro atoms. The SMILES string of the molecule is COc1ccccc1N1CCN(CCCN2C(=O)C3C4C(C)=CC(OC(C)=O)(CC4C)C3C2=O)CC1. The minimum atomic E-state index is -0.995. The van der Waals surface area contributed by atoms with E-state index in [1.54, 1.807) is 7.11 Å². The molecule has 1 aromatic carbocycles. The number of hydrogen-bond acceptors (Lipinski definition) is 7. The standard InChI is InChI=1S/C28H37N3O5/c1-18-16-28(36-20(3)32)17-19(2)23(18)24-25(28)27(34)31(26(24)33)11-7-10-29-12-14-30(15-13-29)21-8-5-6-9-22(21)35-4/h5-6,8-9,16,19,23-25H,7,10-15,17H2,1-4H3. The Kier molecular flexibility index (Phi) is 6.57. The molecule has 0 aromatic heterocycles. The number of esters is 1. The zero-order chi connectivity index (χ0) is 25.6. The lowest BCUT2D eigenvalue weighted by Crippen LogP contribution is -2.57. The van der Waals surface area contributed by atoms with Crippen LogP contribution < -0.4 is 9.64 Å². The van der Waals surface area contributed by atoms with Gasteiger partial charge in [0.05, 0.1) is 24.6 Å². The first-order valence-electron chi connectivity index (χ1n) is 13.1. The van der Waals surface area contributed by atoms with Gasteiger partial charge in [-0.05, 0) is 56.4 Å². The van der Waals surface area contributed by atoms with Gasteiger partial charge < -0.3 is 14.4 Å². The van der Waals surface area contributed by atoms with E-state index in [9.17, 15) is 14.4 Å². The smallest absolute Gasteiger partial charge is 0.303 e. The molecule has 1 aromatic rings. The maximum Gasteiger partial charge on any atom is 0.303 e. The van der Waals surface area contributed by atoms with Crippen LogP contribution in [0, 0.1) is 23.7 Å². The highest BCUT2D eigenvalue weighted by Crippen LogP contribution is 2.58. The number of para-hydroxylation sites is 2. The number of methoxy groups -OCH3 is 1. The number of imide groups is 1.